The highest BCUT2D eigenvalue weighted by Gasteiger charge is 2.27. The molecular weight excluding hydrogens is 362 g/mol. The molecule has 1 aromatic carbocycles. The third-order valence-electron chi connectivity index (χ3n) is 4.14. The van der Waals surface area contributed by atoms with Gasteiger partial charge in [0.2, 0.25) is 0 Å². The van der Waals surface area contributed by atoms with Gasteiger partial charge in [0, 0.05) is 20.1 Å². The van der Waals surface area contributed by atoms with E-state index < -0.39 is 21.7 Å². The molecule has 0 bridgehead atoms. The quantitative estimate of drug-likeness (QED) is 0.801. The van der Waals surface area contributed by atoms with Gasteiger partial charge in [-0.05, 0) is 25.0 Å². The number of amides is 1. The molecule has 1 aliphatic rings. The predicted octanol–water partition coefficient (Wildman–Crippen LogP) is 0.137. The number of benzene rings is 1. The van der Waals surface area contributed by atoms with Gasteiger partial charge in [-0.3, -0.25) is 0 Å². The molecule has 0 atom stereocenters. The van der Waals surface area contributed by atoms with Crippen LogP contribution in [0.3, 0.4) is 0 Å². The minimum atomic E-state index is -4.19. The molecule has 1 aromatic heterocycles. The minimum Gasteiger partial charge on any atom is -0.467 e. The maximum atomic E-state index is 12.7. The van der Waals surface area contributed by atoms with Gasteiger partial charge < -0.3 is 9.64 Å². The van der Waals surface area contributed by atoms with E-state index in [-0.39, 0.29) is 10.9 Å². The smallest absolute Gasteiger partial charge is 0.360 e. The third kappa shape index (κ3) is 3.17. The van der Waals surface area contributed by atoms with Crippen molar-refractivity contribution >= 4 is 21.7 Å². The molecule has 2 heterocycles. The van der Waals surface area contributed by atoms with Gasteiger partial charge >= 0.3 is 17.7 Å². The van der Waals surface area contributed by atoms with Crippen molar-refractivity contribution in [2.75, 3.05) is 25.1 Å². The first kappa shape index (κ1) is 18.0. The van der Waals surface area contributed by atoms with Gasteiger partial charge in [0.15, 0.2) is 0 Å². The summed E-state index contributed by atoms with van der Waals surface area (Å²) in [5.41, 5.74) is -0.293. The van der Waals surface area contributed by atoms with E-state index in [9.17, 15) is 18.0 Å². The number of sulfonamides is 1. The van der Waals surface area contributed by atoms with Gasteiger partial charge in [-0.25, -0.2) is 27.3 Å². The van der Waals surface area contributed by atoms with E-state index in [1.165, 1.54) is 20.2 Å². The molecule has 1 aliphatic heterocycles. The van der Waals surface area contributed by atoms with Crippen LogP contribution >= 0.6 is 0 Å². The molecule has 0 unspecified atom stereocenters. The highest BCUT2D eigenvalue weighted by molar-refractivity contribution is 7.90. The lowest BCUT2D eigenvalue weighted by Crippen LogP contribution is -2.40. The van der Waals surface area contributed by atoms with Crippen molar-refractivity contribution in [3.8, 4) is 6.01 Å². The number of para-hydroxylation sites is 1. The van der Waals surface area contributed by atoms with Crippen molar-refractivity contribution in [3.63, 3.8) is 0 Å². The highest BCUT2D eigenvalue weighted by Crippen LogP contribution is 2.27. The third-order valence-corrected chi connectivity index (χ3v) is 5.51. The van der Waals surface area contributed by atoms with Gasteiger partial charge in [-0.2, -0.15) is 0 Å². The van der Waals surface area contributed by atoms with Crippen LogP contribution in [0.25, 0.3) is 0 Å². The molecule has 1 amide bonds. The van der Waals surface area contributed by atoms with E-state index in [0.29, 0.717) is 10.4 Å². The van der Waals surface area contributed by atoms with E-state index in [4.69, 9.17) is 4.74 Å². The molecule has 1 fully saturated rings. The number of hydrogen-bond donors (Lipinski definition) is 1. The number of carbonyl (C=O) groups excluding carboxylic acids is 1. The normalized spacial score (nSPS) is 14.5. The zero-order chi connectivity index (χ0) is 18.9. The van der Waals surface area contributed by atoms with Crippen LogP contribution in [0.15, 0.2) is 34.0 Å². The zero-order valence-corrected chi connectivity index (χ0v) is 15.2. The second-order valence-electron chi connectivity index (χ2n) is 5.81. The fraction of sp³-hybridized carbons (Fsp3) is 0.400. The van der Waals surface area contributed by atoms with Gasteiger partial charge in [0.05, 0.1) is 12.8 Å². The maximum absolute atomic E-state index is 12.7. The topological polar surface area (TPSA) is 116 Å². The number of rotatable bonds is 4. The van der Waals surface area contributed by atoms with Crippen LogP contribution in [0.2, 0.25) is 0 Å². The molecule has 26 heavy (non-hydrogen) atoms. The molecule has 0 saturated carbocycles. The Hall–Kier alpha value is -2.82. The number of aromatic nitrogens is 3. The van der Waals surface area contributed by atoms with Crippen molar-refractivity contribution in [2.45, 2.75) is 17.7 Å². The largest absolute Gasteiger partial charge is 0.467 e. The van der Waals surface area contributed by atoms with Crippen LogP contribution in [0, 0.1) is 0 Å². The van der Waals surface area contributed by atoms with E-state index in [1.807, 2.05) is 9.62 Å². The van der Waals surface area contributed by atoms with E-state index in [1.54, 1.807) is 18.2 Å². The van der Waals surface area contributed by atoms with Gasteiger partial charge in [0.1, 0.15) is 4.90 Å². The molecule has 0 aliphatic carbocycles. The van der Waals surface area contributed by atoms with Gasteiger partial charge in [-0.1, -0.05) is 12.1 Å². The Bertz CT molecular complexity index is 988. The molecule has 3 rings (SSSR count). The lowest BCUT2D eigenvalue weighted by Gasteiger charge is -2.21. The SMILES string of the molecule is COc1nn(C(=O)NS(=O)(=O)c2ccccc2N2CCCC2)c(=O)n1C. The van der Waals surface area contributed by atoms with Crippen molar-refractivity contribution in [1.29, 1.82) is 0 Å². The Labute approximate surface area is 150 Å². The molecule has 0 spiro atoms. The molecule has 11 heteroatoms. The van der Waals surface area contributed by atoms with Crippen molar-refractivity contribution in [2.24, 2.45) is 7.05 Å². The predicted molar refractivity (Wildman–Crippen MR) is 93.0 cm³/mol. The summed E-state index contributed by atoms with van der Waals surface area (Å²) in [7, 11) is -1.55. The molecule has 2 aromatic rings. The maximum Gasteiger partial charge on any atom is 0.360 e. The summed E-state index contributed by atoms with van der Waals surface area (Å²) < 4.78 is 33.6. The van der Waals surface area contributed by atoms with Crippen LogP contribution in [-0.4, -0.2) is 49.0 Å². The van der Waals surface area contributed by atoms with Crippen LogP contribution in [0.1, 0.15) is 12.8 Å². The van der Waals surface area contributed by atoms with E-state index >= 15 is 0 Å². The summed E-state index contributed by atoms with van der Waals surface area (Å²) in [4.78, 5) is 26.2. The standard InChI is InChI=1S/C15H19N5O5S/c1-18-14(25-2)16-20(15(18)22)13(21)17-26(23,24)12-8-4-3-7-11(12)19-9-5-6-10-19/h3-4,7-8H,5-6,9-10H2,1-2H3,(H,17,21). The summed E-state index contributed by atoms with van der Waals surface area (Å²) in [5.74, 6) is 0. The summed E-state index contributed by atoms with van der Waals surface area (Å²) in [5, 5.41) is 3.66. The van der Waals surface area contributed by atoms with Crippen molar-refractivity contribution in [3.05, 3.63) is 34.7 Å². The lowest BCUT2D eigenvalue weighted by atomic mass is 10.3. The number of nitrogens with zero attached hydrogens (tertiary/aromatic N) is 4. The molecule has 10 nitrogen and oxygen atoms in total. The summed E-state index contributed by atoms with van der Waals surface area (Å²) >= 11 is 0. The Morgan fingerprint density at radius 1 is 1.23 bits per heavy atom. The number of nitrogens with one attached hydrogen (secondary N) is 1. The first-order valence-electron chi connectivity index (χ1n) is 7.96. The Morgan fingerprint density at radius 2 is 1.88 bits per heavy atom. The Morgan fingerprint density at radius 3 is 2.50 bits per heavy atom. The number of methoxy groups -OCH3 is 1. The molecule has 140 valence electrons. The van der Waals surface area contributed by atoms with E-state index in [2.05, 4.69) is 5.10 Å². The second-order valence-corrected chi connectivity index (χ2v) is 7.46. The fourth-order valence-electron chi connectivity index (χ4n) is 2.85. The first-order chi connectivity index (χ1) is 12.3. The monoisotopic (exact) mass is 381 g/mol. The van der Waals surface area contributed by atoms with Crippen LogP contribution in [0.5, 0.6) is 6.01 Å². The summed E-state index contributed by atoms with van der Waals surface area (Å²) in [6.07, 6.45) is 1.95. The summed E-state index contributed by atoms with van der Waals surface area (Å²) in [6, 6.07) is 5.15. The number of anilines is 1. The Kier molecular flexibility index (Phi) is 4.72. The molecule has 1 N–H and O–H groups in total. The Balaban J connectivity index is 1.93. The fourth-order valence-corrected chi connectivity index (χ4v) is 4.00. The van der Waals surface area contributed by atoms with Crippen LogP contribution in [0.4, 0.5) is 10.5 Å². The minimum absolute atomic E-state index is 0.0220. The average Bonchev–Trinajstić information content (AvgIpc) is 3.24. The van der Waals surface area contributed by atoms with Crippen LogP contribution < -0.4 is 20.0 Å². The average molecular weight is 381 g/mol. The van der Waals surface area contributed by atoms with Crippen LogP contribution in [-0.2, 0) is 17.1 Å². The molecule has 0 radical (unpaired) electrons. The number of ether oxygens (including phenoxy) is 1. The van der Waals surface area contributed by atoms with Gasteiger partial charge in [-0.15, -0.1) is 9.78 Å². The summed E-state index contributed by atoms with van der Waals surface area (Å²) in [6.45, 7) is 1.49. The zero-order valence-electron chi connectivity index (χ0n) is 14.4. The highest BCUT2D eigenvalue weighted by atomic mass is 32.2. The van der Waals surface area contributed by atoms with Crippen molar-refractivity contribution in [1.82, 2.24) is 19.1 Å². The number of carbonyl (C=O) groups is 1. The lowest BCUT2D eigenvalue weighted by molar-refractivity contribution is 0.243. The van der Waals surface area contributed by atoms with Crippen molar-refractivity contribution < 1.29 is 17.9 Å². The number of hydrogen-bond acceptors (Lipinski definition) is 7. The molecular formula is C15H19N5O5S. The van der Waals surface area contributed by atoms with E-state index in [0.717, 1.165) is 30.5 Å². The first-order valence-corrected chi connectivity index (χ1v) is 9.44. The molecule has 1 saturated heterocycles. The second kappa shape index (κ2) is 6.83. The van der Waals surface area contributed by atoms with Gasteiger partial charge in [0.25, 0.3) is 10.0 Å².